The fraction of sp³-hybridized carbons (Fsp3) is 0.387. The van der Waals surface area contributed by atoms with Crippen molar-refractivity contribution in [2.45, 2.75) is 48.3 Å². The average molecular weight is 622 g/mol. The van der Waals surface area contributed by atoms with Gasteiger partial charge in [0.05, 0.1) is 31.7 Å². The number of amides is 3. The highest BCUT2D eigenvalue weighted by Gasteiger charge is 2.47. The third kappa shape index (κ3) is 5.94. The number of sulfonamides is 1. The van der Waals surface area contributed by atoms with Crippen LogP contribution in [0, 0.1) is 0 Å². The Bertz CT molecular complexity index is 1640. The molecule has 12 nitrogen and oxygen atoms in total. The van der Waals surface area contributed by atoms with Crippen LogP contribution in [0.5, 0.6) is 11.5 Å². The quantitative estimate of drug-likeness (QED) is 0.404. The maximum Gasteiger partial charge on any atom is 0.321 e. The number of ether oxygens (including phenoxy) is 2. The molecule has 0 aliphatic carbocycles. The number of aliphatic hydroxyl groups is 1. The summed E-state index contributed by atoms with van der Waals surface area (Å²) in [6.45, 7) is 0.683. The van der Waals surface area contributed by atoms with Crippen LogP contribution in [0.1, 0.15) is 25.7 Å². The van der Waals surface area contributed by atoms with Crippen LogP contribution in [-0.4, -0.2) is 90.7 Å². The molecule has 0 unspecified atom stereocenters. The average Bonchev–Trinajstić information content (AvgIpc) is 3.44. The minimum absolute atomic E-state index is 0.0150. The summed E-state index contributed by atoms with van der Waals surface area (Å²) >= 11 is 0. The third-order valence-corrected chi connectivity index (χ3v) is 10.5. The topological polar surface area (TPSA) is 150 Å². The number of aliphatic hydroxyl groups excluding tert-OH is 1. The van der Waals surface area contributed by atoms with Crippen LogP contribution in [0.3, 0.4) is 0 Å². The summed E-state index contributed by atoms with van der Waals surface area (Å²) in [5, 5.41) is 16.5. The maximum absolute atomic E-state index is 14.0. The number of hydrogen-bond donors (Lipinski definition) is 3. The Morgan fingerprint density at radius 3 is 2.66 bits per heavy atom. The van der Waals surface area contributed by atoms with Crippen LogP contribution in [0.25, 0.3) is 11.1 Å². The highest BCUT2D eigenvalue weighted by atomic mass is 32.2. The van der Waals surface area contributed by atoms with Crippen LogP contribution in [0.2, 0.25) is 0 Å². The molecule has 2 atom stereocenters. The number of methoxy groups -OCH3 is 1. The zero-order chi connectivity index (χ0) is 30.9. The Hall–Kier alpha value is -4.20. The van der Waals surface area contributed by atoms with Crippen molar-refractivity contribution in [1.29, 1.82) is 0 Å². The molecule has 2 saturated heterocycles. The fourth-order valence-electron chi connectivity index (χ4n) is 6.15. The lowest BCUT2D eigenvalue weighted by molar-refractivity contribution is -0.127. The minimum atomic E-state index is -4.21. The molecule has 0 saturated carbocycles. The number of nitrogens with one attached hydrogen (secondary N) is 2. The SMILES string of the molecule is COc1cccc(-c2ccc3c(c2)OCCC2(CCN(C(=O)Nc4cccnc4)CC2)NC(=O)[C@@H]2C[C@@H](O)CN2S3(=O)=O)c1. The van der Waals surface area contributed by atoms with Crippen molar-refractivity contribution in [2.24, 2.45) is 0 Å². The predicted molar refractivity (Wildman–Crippen MR) is 162 cm³/mol. The predicted octanol–water partition coefficient (Wildman–Crippen LogP) is 2.85. The monoisotopic (exact) mass is 621 g/mol. The van der Waals surface area contributed by atoms with Crippen molar-refractivity contribution in [3.63, 3.8) is 0 Å². The first-order valence-corrected chi connectivity index (χ1v) is 16.0. The second kappa shape index (κ2) is 12.1. The Balaban J connectivity index is 1.29. The maximum atomic E-state index is 14.0. The lowest BCUT2D eigenvalue weighted by atomic mass is 9.84. The number of hydrogen-bond acceptors (Lipinski definition) is 8. The minimum Gasteiger partial charge on any atom is -0.497 e. The Kier molecular flexibility index (Phi) is 8.18. The number of pyridine rings is 1. The van der Waals surface area contributed by atoms with Gasteiger partial charge in [0.2, 0.25) is 15.9 Å². The molecule has 44 heavy (non-hydrogen) atoms. The van der Waals surface area contributed by atoms with E-state index in [1.54, 1.807) is 48.7 Å². The molecule has 0 radical (unpaired) electrons. The molecular weight excluding hydrogens is 586 g/mol. The molecule has 6 rings (SSSR count). The third-order valence-electron chi connectivity index (χ3n) is 8.62. The van der Waals surface area contributed by atoms with E-state index in [0.29, 0.717) is 43.8 Å². The number of likely N-dealkylation sites (tertiary alicyclic amines) is 1. The van der Waals surface area contributed by atoms with Crippen LogP contribution < -0.4 is 20.1 Å². The van der Waals surface area contributed by atoms with Crippen molar-refractivity contribution in [2.75, 3.05) is 38.7 Å². The van der Waals surface area contributed by atoms with Gasteiger partial charge in [-0.1, -0.05) is 18.2 Å². The number of benzene rings is 2. The Labute approximate surface area is 256 Å². The molecular formula is C31H35N5O7S. The van der Waals surface area contributed by atoms with Crippen LogP contribution >= 0.6 is 0 Å². The summed E-state index contributed by atoms with van der Waals surface area (Å²) in [7, 11) is -2.63. The van der Waals surface area contributed by atoms with Gasteiger partial charge in [-0.2, -0.15) is 4.31 Å². The Morgan fingerprint density at radius 2 is 1.91 bits per heavy atom. The molecule has 3 aliphatic rings. The molecule has 1 aromatic heterocycles. The first kappa shape index (κ1) is 29.9. The zero-order valence-corrected chi connectivity index (χ0v) is 25.1. The van der Waals surface area contributed by atoms with E-state index in [1.807, 2.05) is 24.3 Å². The summed E-state index contributed by atoms with van der Waals surface area (Å²) in [5.41, 5.74) is 1.41. The van der Waals surface area contributed by atoms with E-state index < -0.39 is 33.6 Å². The van der Waals surface area contributed by atoms with Gasteiger partial charge in [0.15, 0.2) is 0 Å². The normalized spacial score (nSPS) is 23.0. The molecule has 4 heterocycles. The van der Waals surface area contributed by atoms with Gasteiger partial charge in [0.25, 0.3) is 0 Å². The standard InChI is InChI=1S/C31H35N5O7S/c1-42-25-6-2-4-21(16-25)22-7-8-28-27(17-22)43-15-11-31(34-29(38)26-18-24(37)20-36(26)44(28,40)41)9-13-35(14-10-31)30(39)33-23-5-3-12-32-19-23/h2-8,12,16-17,19,24,26,37H,9-11,13-15,18,20H2,1H3,(H,33,39)(H,34,38)/t24-,26+/m1/s1. The van der Waals surface area contributed by atoms with Gasteiger partial charge in [-0.05, 0) is 60.4 Å². The zero-order valence-electron chi connectivity index (χ0n) is 24.3. The summed E-state index contributed by atoms with van der Waals surface area (Å²) in [4.78, 5) is 32.3. The summed E-state index contributed by atoms with van der Waals surface area (Å²) < 4.78 is 40.6. The van der Waals surface area contributed by atoms with Crippen molar-refractivity contribution in [1.82, 2.24) is 19.5 Å². The fourth-order valence-corrected chi connectivity index (χ4v) is 7.90. The second-order valence-corrected chi connectivity index (χ2v) is 13.3. The van der Waals surface area contributed by atoms with Gasteiger partial charge in [-0.25, -0.2) is 13.2 Å². The number of piperidine rings is 1. The molecule has 3 amide bonds. The second-order valence-electron chi connectivity index (χ2n) is 11.4. The molecule has 3 aromatic rings. The smallest absolute Gasteiger partial charge is 0.321 e. The largest absolute Gasteiger partial charge is 0.497 e. The number of aromatic nitrogens is 1. The van der Waals surface area contributed by atoms with E-state index in [0.717, 1.165) is 15.4 Å². The molecule has 0 bridgehead atoms. The lowest BCUT2D eigenvalue weighted by Crippen LogP contribution is -2.60. The number of rotatable bonds is 3. The molecule has 2 aromatic carbocycles. The molecule has 232 valence electrons. The van der Waals surface area contributed by atoms with Gasteiger partial charge >= 0.3 is 6.03 Å². The lowest BCUT2D eigenvalue weighted by Gasteiger charge is -2.43. The Morgan fingerprint density at radius 1 is 1.11 bits per heavy atom. The van der Waals surface area contributed by atoms with E-state index in [-0.39, 0.29) is 36.2 Å². The molecule has 3 aliphatic heterocycles. The summed E-state index contributed by atoms with van der Waals surface area (Å²) in [5.74, 6) is 0.367. The first-order valence-electron chi connectivity index (χ1n) is 14.6. The van der Waals surface area contributed by atoms with E-state index >= 15 is 0 Å². The number of urea groups is 1. The van der Waals surface area contributed by atoms with E-state index in [4.69, 9.17) is 9.47 Å². The van der Waals surface area contributed by atoms with Gasteiger partial charge in [-0.15, -0.1) is 0 Å². The van der Waals surface area contributed by atoms with Crippen molar-refractivity contribution in [3.05, 3.63) is 67.0 Å². The molecule has 1 spiro atoms. The number of fused-ring (bicyclic) bond motifs is 2. The van der Waals surface area contributed by atoms with Crippen molar-refractivity contribution >= 4 is 27.6 Å². The highest BCUT2D eigenvalue weighted by Crippen LogP contribution is 2.37. The van der Waals surface area contributed by atoms with Gasteiger partial charge in [0.1, 0.15) is 22.4 Å². The molecule has 2 fully saturated rings. The van der Waals surface area contributed by atoms with Gasteiger partial charge in [0, 0.05) is 44.2 Å². The van der Waals surface area contributed by atoms with Crippen LogP contribution in [0.4, 0.5) is 10.5 Å². The number of carbonyl (C=O) groups excluding carboxylic acids is 2. The first-order chi connectivity index (χ1) is 21.2. The summed E-state index contributed by atoms with van der Waals surface area (Å²) in [6.07, 6.45) is 3.48. The van der Waals surface area contributed by atoms with Crippen molar-refractivity contribution in [3.8, 4) is 22.6 Å². The molecule has 13 heteroatoms. The number of nitrogens with zero attached hydrogens (tertiary/aromatic N) is 3. The van der Waals surface area contributed by atoms with E-state index in [2.05, 4.69) is 15.6 Å². The molecule has 3 N–H and O–H groups in total. The number of carbonyl (C=O) groups is 2. The highest BCUT2D eigenvalue weighted by molar-refractivity contribution is 7.89. The van der Waals surface area contributed by atoms with E-state index in [1.165, 1.54) is 6.07 Å². The summed E-state index contributed by atoms with van der Waals surface area (Å²) in [6, 6.07) is 14.4. The van der Waals surface area contributed by atoms with Gasteiger partial charge in [-0.3, -0.25) is 9.78 Å². The van der Waals surface area contributed by atoms with Gasteiger partial charge < -0.3 is 30.1 Å². The van der Waals surface area contributed by atoms with Crippen LogP contribution in [-0.2, 0) is 14.8 Å². The van der Waals surface area contributed by atoms with E-state index in [9.17, 15) is 23.1 Å². The number of anilines is 1. The van der Waals surface area contributed by atoms with Crippen molar-refractivity contribution < 1.29 is 32.6 Å². The van der Waals surface area contributed by atoms with Crippen LogP contribution in [0.15, 0.2) is 71.9 Å².